The zero-order valence-electron chi connectivity index (χ0n) is 8.21. The molecular formula is C9H13ClN4. The van der Waals surface area contributed by atoms with Gasteiger partial charge in [-0.3, -0.25) is 0 Å². The van der Waals surface area contributed by atoms with Crippen LogP contribution in [0.5, 0.6) is 0 Å². The monoisotopic (exact) mass is 212 g/mol. The van der Waals surface area contributed by atoms with Gasteiger partial charge in [0, 0.05) is 6.04 Å². The maximum absolute atomic E-state index is 5.92. The van der Waals surface area contributed by atoms with Crippen molar-refractivity contribution in [1.29, 1.82) is 0 Å². The first kappa shape index (κ1) is 9.52. The highest BCUT2D eigenvalue weighted by atomic mass is 35.5. The number of nitrogens with one attached hydrogen (secondary N) is 1. The molecule has 14 heavy (non-hydrogen) atoms. The maximum atomic E-state index is 5.92. The van der Waals surface area contributed by atoms with Crippen LogP contribution in [-0.4, -0.2) is 16.0 Å². The third kappa shape index (κ3) is 1.75. The predicted molar refractivity (Wildman–Crippen MR) is 57.3 cm³/mol. The summed E-state index contributed by atoms with van der Waals surface area (Å²) in [5.74, 6) is 0.880. The molecule has 0 amide bonds. The van der Waals surface area contributed by atoms with Crippen LogP contribution >= 0.6 is 11.6 Å². The minimum absolute atomic E-state index is 0.246. The van der Waals surface area contributed by atoms with E-state index in [1.807, 2.05) is 0 Å². The molecule has 1 aliphatic carbocycles. The molecule has 1 atom stereocenters. The summed E-state index contributed by atoms with van der Waals surface area (Å²) in [7, 11) is 0. The number of anilines is 2. The molecule has 1 aromatic heterocycles. The van der Waals surface area contributed by atoms with E-state index in [1.165, 1.54) is 6.20 Å². The molecule has 0 saturated heterocycles. The standard InChI is InChI=1S/C9H13ClN4/c1-9(2)3-6(9)13-7-5(10)4-12-8(11)14-7/h4,6H,3H2,1-2H3,(H3,11,12,13,14). The van der Waals surface area contributed by atoms with Crippen LogP contribution < -0.4 is 11.1 Å². The summed E-state index contributed by atoms with van der Waals surface area (Å²) in [6.45, 7) is 4.40. The average Bonchev–Trinajstić information content (AvgIpc) is 2.67. The van der Waals surface area contributed by atoms with Gasteiger partial charge in [-0.05, 0) is 11.8 Å². The molecule has 76 valence electrons. The van der Waals surface area contributed by atoms with Crippen molar-refractivity contribution in [2.24, 2.45) is 5.41 Å². The first-order chi connectivity index (χ1) is 6.49. The summed E-state index contributed by atoms with van der Waals surface area (Å²) in [4.78, 5) is 7.84. The van der Waals surface area contributed by atoms with Crippen molar-refractivity contribution in [3.8, 4) is 0 Å². The molecule has 3 N–H and O–H groups in total. The summed E-state index contributed by atoms with van der Waals surface area (Å²) in [5.41, 5.74) is 5.81. The Labute approximate surface area is 87.9 Å². The van der Waals surface area contributed by atoms with Crippen LogP contribution in [0, 0.1) is 5.41 Å². The van der Waals surface area contributed by atoms with E-state index in [9.17, 15) is 0 Å². The number of hydrogen-bond acceptors (Lipinski definition) is 4. The lowest BCUT2D eigenvalue weighted by atomic mass is 10.2. The molecule has 1 fully saturated rings. The van der Waals surface area contributed by atoms with Crippen molar-refractivity contribution < 1.29 is 0 Å². The second kappa shape index (κ2) is 2.98. The van der Waals surface area contributed by atoms with Crippen LogP contribution in [0.3, 0.4) is 0 Å². The van der Waals surface area contributed by atoms with Gasteiger partial charge in [-0.1, -0.05) is 25.4 Å². The molecule has 1 aromatic rings. The molecule has 1 heterocycles. The Balaban J connectivity index is 2.13. The Morgan fingerprint density at radius 2 is 2.29 bits per heavy atom. The summed E-state index contributed by atoms with van der Waals surface area (Å²) >= 11 is 5.92. The normalized spacial score (nSPS) is 23.2. The van der Waals surface area contributed by atoms with E-state index in [0.717, 1.165) is 6.42 Å². The van der Waals surface area contributed by atoms with Crippen LogP contribution in [0.1, 0.15) is 20.3 Å². The van der Waals surface area contributed by atoms with Gasteiger partial charge >= 0.3 is 0 Å². The van der Waals surface area contributed by atoms with Crippen molar-refractivity contribution in [2.45, 2.75) is 26.3 Å². The van der Waals surface area contributed by atoms with E-state index in [4.69, 9.17) is 17.3 Å². The minimum Gasteiger partial charge on any atom is -0.368 e. The second-order valence-electron chi connectivity index (χ2n) is 4.31. The van der Waals surface area contributed by atoms with Gasteiger partial charge in [-0.15, -0.1) is 0 Å². The van der Waals surface area contributed by atoms with Crippen LogP contribution in [-0.2, 0) is 0 Å². The van der Waals surface area contributed by atoms with Gasteiger partial charge in [-0.2, -0.15) is 4.98 Å². The fourth-order valence-electron chi connectivity index (χ4n) is 1.36. The van der Waals surface area contributed by atoms with Crippen molar-refractivity contribution in [1.82, 2.24) is 9.97 Å². The number of halogens is 1. The maximum Gasteiger partial charge on any atom is 0.222 e. The average molecular weight is 213 g/mol. The summed E-state index contributed by atoms with van der Waals surface area (Å²) in [6.07, 6.45) is 2.65. The number of nitrogen functional groups attached to an aromatic ring is 1. The number of nitrogens with zero attached hydrogens (tertiary/aromatic N) is 2. The zero-order chi connectivity index (χ0) is 10.3. The van der Waals surface area contributed by atoms with E-state index in [-0.39, 0.29) is 5.95 Å². The van der Waals surface area contributed by atoms with Gasteiger partial charge in [-0.25, -0.2) is 4.98 Å². The molecule has 0 radical (unpaired) electrons. The zero-order valence-corrected chi connectivity index (χ0v) is 8.97. The molecule has 1 aliphatic rings. The van der Waals surface area contributed by atoms with Gasteiger partial charge in [0.15, 0.2) is 5.82 Å². The Morgan fingerprint density at radius 1 is 1.64 bits per heavy atom. The molecule has 0 bridgehead atoms. The minimum atomic E-state index is 0.246. The number of aromatic nitrogens is 2. The van der Waals surface area contributed by atoms with Gasteiger partial charge in [0.25, 0.3) is 0 Å². The van der Waals surface area contributed by atoms with Crippen LogP contribution in [0.25, 0.3) is 0 Å². The summed E-state index contributed by atoms with van der Waals surface area (Å²) in [5, 5.41) is 3.77. The van der Waals surface area contributed by atoms with Crippen molar-refractivity contribution in [3.05, 3.63) is 11.2 Å². The van der Waals surface area contributed by atoms with Gasteiger partial charge in [0.2, 0.25) is 5.95 Å². The molecule has 0 spiro atoms. The number of nitrogens with two attached hydrogens (primary N) is 1. The topological polar surface area (TPSA) is 63.8 Å². The van der Waals surface area contributed by atoms with Crippen molar-refractivity contribution >= 4 is 23.4 Å². The molecule has 0 aliphatic heterocycles. The van der Waals surface area contributed by atoms with Crippen molar-refractivity contribution in [3.63, 3.8) is 0 Å². The summed E-state index contributed by atoms with van der Waals surface area (Å²) in [6, 6.07) is 0.439. The SMILES string of the molecule is CC1(C)CC1Nc1nc(N)ncc1Cl. The van der Waals surface area contributed by atoms with Crippen LogP contribution in [0.2, 0.25) is 5.02 Å². The lowest BCUT2D eigenvalue weighted by molar-refractivity contribution is 0.630. The third-order valence-corrected chi connectivity index (χ3v) is 2.86. The molecule has 1 saturated carbocycles. The van der Waals surface area contributed by atoms with Gasteiger partial charge in [0.05, 0.1) is 6.20 Å². The molecule has 4 nitrogen and oxygen atoms in total. The highest BCUT2D eigenvalue weighted by Gasteiger charge is 2.46. The van der Waals surface area contributed by atoms with Gasteiger partial charge in [0.1, 0.15) is 5.02 Å². The van der Waals surface area contributed by atoms with Crippen LogP contribution in [0.4, 0.5) is 11.8 Å². The Hall–Kier alpha value is -1.03. The van der Waals surface area contributed by atoms with Gasteiger partial charge < -0.3 is 11.1 Å². The highest BCUT2D eigenvalue weighted by molar-refractivity contribution is 6.32. The summed E-state index contributed by atoms with van der Waals surface area (Å²) < 4.78 is 0. The quantitative estimate of drug-likeness (QED) is 0.786. The highest BCUT2D eigenvalue weighted by Crippen LogP contribution is 2.46. The third-order valence-electron chi connectivity index (χ3n) is 2.59. The van der Waals surface area contributed by atoms with Crippen LogP contribution in [0.15, 0.2) is 6.20 Å². The van der Waals surface area contributed by atoms with E-state index >= 15 is 0 Å². The Morgan fingerprint density at radius 3 is 2.86 bits per heavy atom. The molecule has 0 aromatic carbocycles. The number of rotatable bonds is 2. The first-order valence-electron chi connectivity index (χ1n) is 4.53. The lowest BCUT2D eigenvalue weighted by Crippen LogP contribution is -2.11. The lowest BCUT2D eigenvalue weighted by Gasteiger charge is -2.08. The number of hydrogen-bond donors (Lipinski definition) is 2. The predicted octanol–water partition coefficient (Wildman–Crippen LogP) is 1.92. The fraction of sp³-hybridized carbons (Fsp3) is 0.556. The molecule has 2 rings (SSSR count). The Bertz CT molecular complexity index is 364. The largest absolute Gasteiger partial charge is 0.368 e. The van der Waals surface area contributed by atoms with E-state index in [2.05, 4.69) is 29.1 Å². The Kier molecular flexibility index (Phi) is 2.03. The second-order valence-corrected chi connectivity index (χ2v) is 4.72. The molecular weight excluding hydrogens is 200 g/mol. The van der Waals surface area contributed by atoms with E-state index < -0.39 is 0 Å². The van der Waals surface area contributed by atoms with Crippen molar-refractivity contribution in [2.75, 3.05) is 11.1 Å². The first-order valence-corrected chi connectivity index (χ1v) is 4.91. The molecule has 5 heteroatoms. The molecule has 1 unspecified atom stereocenters. The van der Waals surface area contributed by atoms with E-state index in [1.54, 1.807) is 0 Å². The fourth-order valence-corrected chi connectivity index (χ4v) is 1.51. The smallest absolute Gasteiger partial charge is 0.222 e. The van der Waals surface area contributed by atoms with E-state index in [0.29, 0.717) is 22.3 Å².